The predicted molar refractivity (Wildman–Crippen MR) is 63.1 cm³/mol. The van der Waals surface area contributed by atoms with Crippen LogP contribution in [-0.2, 0) is 5.88 Å². The lowest BCUT2D eigenvalue weighted by atomic mass is 10.2. The van der Waals surface area contributed by atoms with Crippen LogP contribution in [0.1, 0.15) is 5.56 Å². The summed E-state index contributed by atoms with van der Waals surface area (Å²) >= 11 is 8.95. The van der Waals surface area contributed by atoms with Gasteiger partial charge in [0.15, 0.2) is 0 Å². The highest BCUT2D eigenvalue weighted by Gasteiger charge is 2.12. The summed E-state index contributed by atoms with van der Waals surface area (Å²) in [5.74, 6) is 0.291. The second kappa shape index (κ2) is 4.09. The average Bonchev–Trinajstić information content (AvgIpc) is 2.57. The van der Waals surface area contributed by atoms with E-state index in [4.69, 9.17) is 11.6 Å². The van der Waals surface area contributed by atoms with Gasteiger partial charge in [0.2, 0.25) is 0 Å². The van der Waals surface area contributed by atoms with Gasteiger partial charge in [0, 0.05) is 11.3 Å². The normalized spacial score (nSPS) is 11.1. The minimum atomic E-state index is -0.154. The maximum absolute atomic E-state index is 13.4. The second-order valence-corrected chi connectivity index (χ2v) is 5.19. The van der Waals surface area contributed by atoms with Crippen LogP contribution < -0.4 is 0 Å². The summed E-state index contributed by atoms with van der Waals surface area (Å²) in [6.45, 7) is 0. The molecular weight excluding hydrogens is 239 g/mol. The van der Waals surface area contributed by atoms with Gasteiger partial charge in [-0.2, -0.15) is 0 Å². The molecule has 0 spiro atoms. The van der Waals surface area contributed by atoms with Crippen LogP contribution in [0.2, 0.25) is 0 Å². The molecule has 0 saturated carbocycles. The van der Waals surface area contributed by atoms with Crippen molar-refractivity contribution < 1.29 is 4.39 Å². The molecule has 1 aromatic heterocycles. The van der Waals surface area contributed by atoms with Crippen LogP contribution in [0.25, 0.3) is 10.1 Å². The van der Waals surface area contributed by atoms with Crippen LogP contribution in [0.15, 0.2) is 22.4 Å². The minimum Gasteiger partial charge on any atom is -0.205 e. The topological polar surface area (TPSA) is 0 Å². The monoisotopic (exact) mass is 246 g/mol. The third-order valence-corrected chi connectivity index (χ3v) is 4.74. The largest absolute Gasteiger partial charge is 0.205 e. The Balaban J connectivity index is 2.79. The first-order valence-corrected chi connectivity index (χ1v) is 6.65. The molecule has 0 atom stereocenters. The fourth-order valence-electron chi connectivity index (χ4n) is 1.41. The van der Waals surface area contributed by atoms with Gasteiger partial charge in [0.25, 0.3) is 0 Å². The van der Waals surface area contributed by atoms with Gasteiger partial charge >= 0.3 is 0 Å². The van der Waals surface area contributed by atoms with Crippen LogP contribution >= 0.6 is 34.7 Å². The van der Waals surface area contributed by atoms with E-state index < -0.39 is 0 Å². The van der Waals surface area contributed by atoms with E-state index in [-0.39, 0.29) is 5.82 Å². The Kier molecular flexibility index (Phi) is 3.00. The average molecular weight is 247 g/mol. The number of benzene rings is 1. The Morgan fingerprint density at radius 3 is 2.93 bits per heavy atom. The molecule has 4 heteroatoms. The van der Waals surface area contributed by atoms with E-state index in [1.54, 1.807) is 17.8 Å². The number of thiophene rings is 1. The zero-order chi connectivity index (χ0) is 10.1. The van der Waals surface area contributed by atoms with Gasteiger partial charge in [0.05, 0.1) is 8.91 Å². The summed E-state index contributed by atoms with van der Waals surface area (Å²) in [5.41, 5.74) is 1.05. The van der Waals surface area contributed by atoms with Crippen molar-refractivity contribution in [2.75, 3.05) is 6.26 Å². The van der Waals surface area contributed by atoms with E-state index in [1.165, 1.54) is 17.4 Å². The van der Waals surface area contributed by atoms with Crippen LogP contribution in [0.5, 0.6) is 0 Å². The molecule has 0 aliphatic heterocycles. The lowest BCUT2D eigenvalue weighted by Gasteiger charge is -1.95. The molecule has 0 saturated heterocycles. The molecular formula is C10H8ClFS2. The molecule has 14 heavy (non-hydrogen) atoms. The van der Waals surface area contributed by atoms with Crippen LogP contribution in [0.3, 0.4) is 0 Å². The first kappa shape index (κ1) is 10.3. The second-order valence-electron chi connectivity index (χ2n) is 2.82. The van der Waals surface area contributed by atoms with Gasteiger partial charge in [0.1, 0.15) is 5.82 Å². The Hall–Kier alpha value is -0.250. The number of hydrogen-bond donors (Lipinski definition) is 0. The molecule has 0 radical (unpaired) electrons. The summed E-state index contributed by atoms with van der Waals surface area (Å²) in [5, 5.41) is 0.953. The lowest BCUT2D eigenvalue weighted by molar-refractivity contribution is 0.641. The summed E-state index contributed by atoms with van der Waals surface area (Å²) < 4.78 is 15.2. The fourth-order valence-corrected chi connectivity index (χ4v) is 3.81. The molecule has 0 aliphatic rings. The van der Waals surface area contributed by atoms with E-state index in [9.17, 15) is 4.39 Å². The highest BCUT2D eigenvalue weighted by atomic mass is 35.5. The number of rotatable bonds is 2. The van der Waals surface area contributed by atoms with E-state index in [2.05, 4.69) is 0 Å². The molecule has 0 fully saturated rings. The van der Waals surface area contributed by atoms with Crippen molar-refractivity contribution in [3.05, 3.63) is 29.6 Å². The van der Waals surface area contributed by atoms with Crippen molar-refractivity contribution in [2.24, 2.45) is 0 Å². The highest BCUT2D eigenvalue weighted by molar-refractivity contribution is 8.00. The van der Waals surface area contributed by atoms with Gasteiger partial charge in [-0.3, -0.25) is 0 Å². The highest BCUT2D eigenvalue weighted by Crippen LogP contribution is 2.38. The third kappa shape index (κ3) is 1.53. The molecule has 0 nitrogen and oxygen atoms in total. The maximum Gasteiger partial charge on any atom is 0.141 e. The van der Waals surface area contributed by atoms with E-state index >= 15 is 0 Å². The molecule has 1 heterocycles. The molecule has 0 amide bonds. The Bertz CT molecular complexity index is 464. The predicted octanol–water partition coefficient (Wildman–Crippen LogP) is 4.50. The quantitative estimate of drug-likeness (QED) is 0.555. The molecule has 0 bridgehead atoms. The Morgan fingerprint density at radius 2 is 2.29 bits per heavy atom. The molecule has 0 aliphatic carbocycles. The van der Waals surface area contributed by atoms with Crippen molar-refractivity contribution in [3.8, 4) is 0 Å². The van der Waals surface area contributed by atoms with Gasteiger partial charge in [-0.25, -0.2) is 4.39 Å². The lowest BCUT2D eigenvalue weighted by Crippen LogP contribution is -1.77. The molecule has 74 valence electrons. The molecule has 2 rings (SSSR count). The standard InChI is InChI=1S/C10H8ClFS2/c1-13-10-7(5-11)6-3-2-4-8(12)9(6)14-10/h2-4H,5H2,1H3. The molecule has 0 unspecified atom stereocenters. The number of thioether (sulfide) groups is 1. The van der Waals surface area contributed by atoms with Gasteiger partial charge < -0.3 is 0 Å². The summed E-state index contributed by atoms with van der Waals surface area (Å²) in [4.78, 5) is 0. The van der Waals surface area contributed by atoms with Crippen molar-refractivity contribution >= 4 is 44.8 Å². The maximum atomic E-state index is 13.4. The SMILES string of the molecule is CSc1sc2c(F)cccc2c1CCl. The van der Waals surface area contributed by atoms with Crippen molar-refractivity contribution in [1.82, 2.24) is 0 Å². The first-order chi connectivity index (χ1) is 6.77. The van der Waals surface area contributed by atoms with E-state index in [0.29, 0.717) is 10.6 Å². The summed E-state index contributed by atoms with van der Waals surface area (Å²) in [6, 6.07) is 5.14. The van der Waals surface area contributed by atoms with Crippen molar-refractivity contribution in [1.29, 1.82) is 0 Å². The number of fused-ring (bicyclic) bond motifs is 1. The van der Waals surface area contributed by atoms with E-state index in [0.717, 1.165) is 15.2 Å². The number of halogens is 2. The zero-order valence-corrected chi connectivity index (χ0v) is 9.90. The summed E-state index contributed by atoms with van der Waals surface area (Å²) in [7, 11) is 0. The smallest absolute Gasteiger partial charge is 0.141 e. The Labute approximate surface area is 95.1 Å². The molecule has 1 aromatic carbocycles. The molecule has 2 aromatic rings. The number of hydrogen-bond acceptors (Lipinski definition) is 2. The fraction of sp³-hybridized carbons (Fsp3) is 0.200. The van der Waals surface area contributed by atoms with Crippen LogP contribution in [0, 0.1) is 5.82 Å². The molecule has 0 N–H and O–H groups in total. The van der Waals surface area contributed by atoms with Crippen molar-refractivity contribution in [3.63, 3.8) is 0 Å². The van der Waals surface area contributed by atoms with Gasteiger partial charge in [-0.05, 0) is 17.9 Å². The van der Waals surface area contributed by atoms with Gasteiger partial charge in [-0.1, -0.05) is 12.1 Å². The third-order valence-electron chi connectivity index (χ3n) is 2.05. The van der Waals surface area contributed by atoms with Gasteiger partial charge in [-0.15, -0.1) is 34.7 Å². The Morgan fingerprint density at radius 1 is 1.50 bits per heavy atom. The number of alkyl halides is 1. The van der Waals surface area contributed by atoms with Crippen LogP contribution in [-0.4, -0.2) is 6.26 Å². The summed E-state index contributed by atoms with van der Waals surface area (Å²) in [6.07, 6.45) is 1.98. The van der Waals surface area contributed by atoms with Crippen molar-refractivity contribution in [2.45, 2.75) is 10.1 Å². The van der Waals surface area contributed by atoms with Crippen LogP contribution in [0.4, 0.5) is 4.39 Å². The van der Waals surface area contributed by atoms with E-state index in [1.807, 2.05) is 12.3 Å². The zero-order valence-electron chi connectivity index (χ0n) is 7.51. The first-order valence-electron chi connectivity index (χ1n) is 4.07. The minimum absolute atomic E-state index is 0.154.